The van der Waals surface area contributed by atoms with Crippen LogP contribution in [-0.4, -0.2) is 19.0 Å². The SMILES string of the molecule is Cc1ccc(NC(=O)c2ccc(N3CC=CC3)cc2)cc1C(F)(F)F. The van der Waals surface area contributed by atoms with Crippen molar-refractivity contribution in [2.24, 2.45) is 0 Å². The van der Waals surface area contributed by atoms with Gasteiger partial charge in [0, 0.05) is 30.0 Å². The van der Waals surface area contributed by atoms with E-state index in [1.807, 2.05) is 12.1 Å². The molecule has 1 aliphatic rings. The summed E-state index contributed by atoms with van der Waals surface area (Å²) in [5.41, 5.74) is 0.883. The zero-order valence-electron chi connectivity index (χ0n) is 13.6. The molecule has 25 heavy (non-hydrogen) atoms. The van der Waals surface area contributed by atoms with Crippen molar-refractivity contribution in [3.63, 3.8) is 0 Å². The fourth-order valence-electron chi connectivity index (χ4n) is 2.72. The third-order valence-electron chi connectivity index (χ3n) is 4.11. The first kappa shape index (κ1) is 17.1. The molecule has 0 aromatic heterocycles. The molecule has 1 amide bonds. The van der Waals surface area contributed by atoms with Gasteiger partial charge in [0.2, 0.25) is 0 Å². The van der Waals surface area contributed by atoms with Gasteiger partial charge in [-0.05, 0) is 48.9 Å². The van der Waals surface area contributed by atoms with Crippen molar-refractivity contribution in [3.05, 3.63) is 71.3 Å². The average molecular weight is 346 g/mol. The van der Waals surface area contributed by atoms with Crippen LogP contribution in [0.5, 0.6) is 0 Å². The van der Waals surface area contributed by atoms with E-state index in [0.29, 0.717) is 5.56 Å². The Morgan fingerprint density at radius 1 is 1.04 bits per heavy atom. The minimum atomic E-state index is -4.45. The summed E-state index contributed by atoms with van der Waals surface area (Å²) in [7, 11) is 0. The Morgan fingerprint density at radius 2 is 1.68 bits per heavy atom. The number of amides is 1. The van der Waals surface area contributed by atoms with Gasteiger partial charge in [0.25, 0.3) is 5.91 Å². The van der Waals surface area contributed by atoms with Gasteiger partial charge in [-0.3, -0.25) is 4.79 Å². The van der Waals surface area contributed by atoms with Crippen molar-refractivity contribution in [1.82, 2.24) is 0 Å². The standard InChI is InChI=1S/C19H17F3N2O/c1-13-4-7-15(12-17(13)19(20,21)22)23-18(25)14-5-8-16(9-6-14)24-10-2-3-11-24/h2-9,12H,10-11H2,1H3,(H,23,25). The lowest BCUT2D eigenvalue weighted by molar-refractivity contribution is -0.138. The van der Waals surface area contributed by atoms with Crippen molar-refractivity contribution in [2.75, 3.05) is 23.3 Å². The molecule has 0 spiro atoms. The number of nitrogens with zero attached hydrogens (tertiary/aromatic N) is 1. The van der Waals surface area contributed by atoms with E-state index in [4.69, 9.17) is 0 Å². The van der Waals surface area contributed by atoms with Crippen molar-refractivity contribution < 1.29 is 18.0 Å². The lowest BCUT2D eigenvalue weighted by Gasteiger charge is -2.17. The molecule has 0 unspecified atom stereocenters. The molecule has 1 aliphatic heterocycles. The Balaban J connectivity index is 1.74. The van der Waals surface area contributed by atoms with Crippen molar-refractivity contribution in [2.45, 2.75) is 13.1 Å². The van der Waals surface area contributed by atoms with Crippen LogP contribution in [0.2, 0.25) is 0 Å². The topological polar surface area (TPSA) is 32.3 Å². The molecular formula is C19H17F3N2O. The van der Waals surface area contributed by atoms with Gasteiger partial charge in [-0.2, -0.15) is 13.2 Å². The summed E-state index contributed by atoms with van der Waals surface area (Å²) < 4.78 is 38.9. The lowest BCUT2D eigenvalue weighted by atomic mass is 10.1. The van der Waals surface area contributed by atoms with Crippen LogP contribution in [0.15, 0.2) is 54.6 Å². The first-order valence-corrected chi connectivity index (χ1v) is 7.84. The Morgan fingerprint density at radius 3 is 2.28 bits per heavy atom. The number of halogens is 3. The molecule has 1 heterocycles. The summed E-state index contributed by atoms with van der Waals surface area (Å²) in [5.74, 6) is -0.442. The Kier molecular flexibility index (Phi) is 4.53. The second-order valence-electron chi connectivity index (χ2n) is 5.90. The van der Waals surface area contributed by atoms with E-state index in [9.17, 15) is 18.0 Å². The smallest absolute Gasteiger partial charge is 0.364 e. The Labute approximate surface area is 143 Å². The second kappa shape index (κ2) is 6.63. The highest BCUT2D eigenvalue weighted by Crippen LogP contribution is 2.33. The minimum absolute atomic E-state index is 0.120. The normalized spacial score (nSPS) is 14.0. The number of anilines is 2. The number of benzene rings is 2. The molecule has 1 N–H and O–H groups in total. The Hall–Kier alpha value is -2.76. The highest BCUT2D eigenvalue weighted by atomic mass is 19.4. The third-order valence-corrected chi connectivity index (χ3v) is 4.11. The summed E-state index contributed by atoms with van der Waals surface area (Å²) in [4.78, 5) is 14.4. The maximum Gasteiger partial charge on any atom is 0.416 e. The monoisotopic (exact) mass is 346 g/mol. The van der Waals surface area contributed by atoms with Gasteiger partial charge >= 0.3 is 6.18 Å². The molecular weight excluding hydrogens is 329 g/mol. The zero-order chi connectivity index (χ0) is 18.0. The number of rotatable bonds is 3. The lowest BCUT2D eigenvalue weighted by Crippen LogP contribution is -2.19. The summed E-state index contributed by atoms with van der Waals surface area (Å²) in [6.45, 7) is 3.05. The van der Waals surface area contributed by atoms with E-state index in [-0.39, 0.29) is 11.3 Å². The maximum absolute atomic E-state index is 13.0. The number of hydrogen-bond donors (Lipinski definition) is 1. The van der Waals surface area contributed by atoms with Crippen LogP contribution in [0.3, 0.4) is 0 Å². The summed E-state index contributed by atoms with van der Waals surface area (Å²) >= 11 is 0. The number of carbonyl (C=O) groups excluding carboxylic acids is 1. The van der Waals surface area contributed by atoms with Gasteiger partial charge < -0.3 is 10.2 Å². The van der Waals surface area contributed by atoms with Gasteiger partial charge in [-0.15, -0.1) is 0 Å². The molecule has 3 nitrogen and oxygen atoms in total. The molecule has 2 aromatic rings. The maximum atomic E-state index is 13.0. The highest BCUT2D eigenvalue weighted by Gasteiger charge is 2.32. The summed E-state index contributed by atoms with van der Waals surface area (Å²) in [6, 6.07) is 10.8. The van der Waals surface area contributed by atoms with Gasteiger partial charge in [0.05, 0.1) is 5.56 Å². The molecule has 0 aliphatic carbocycles. The number of hydrogen-bond acceptors (Lipinski definition) is 2. The van der Waals surface area contributed by atoms with Gasteiger partial charge in [0.1, 0.15) is 0 Å². The first-order chi connectivity index (χ1) is 11.8. The summed E-state index contributed by atoms with van der Waals surface area (Å²) in [5, 5.41) is 2.52. The molecule has 0 radical (unpaired) electrons. The van der Waals surface area contributed by atoms with Crippen LogP contribution in [0.4, 0.5) is 24.5 Å². The van der Waals surface area contributed by atoms with E-state index in [1.165, 1.54) is 19.1 Å². The van der Waals surface area contributed by atoms with Crippen LogP contribution in [-0.2, 0) is 6.18 Å². The second-order valence-corrected chi connectivity index (χ2v) is 5.90. The van der Waals surface area contributed by atoms with E-state index in [1.54, 1.807) is 12.1 Å². The van der Waals surface area contributed by atoms with Gasteiger partial charge in [-0.25, -0.2) is 0 Å². The van der Waals surface area contributed by atoms with Crippen LogP contribution in [0.1, 0.15) is 21.5 Å². The molecule has 0 saturated heterocycles. The van der Waals surface area contributed by atoms with E-state index in [0.717, 1.165) is 24.8 Å². The molecule has 2 aromatic carbocycles. The number of aryl methyl sites for hydroxylation is 1. The number of alkyl halides is 3. The highest BCUT2D eigenvalue weighted by molar-refractivity contribution is 6.04. The molecule has 6 heteroatoms. The quantitative estimate of drug-likeness (QED) is 0.821. The first-order valence-electron chi connectivity index (χ1n) is 7.84. The molecule has 0 bridgehead atoms. The summed E-state index contributed by atoms with van der Waals surface area (Å²) in [6.07, 6.45) is -0.317. The fraction of sp³-hybridized carbons (Fsp3) is 0.211. The van der Waals surface area contributed by atoms with Crippen LogP contribution in [0.25, 0.3) is 0 Å². The predicted octanol–water partition coefficient (Wildman–Crippen LogP) is 4.64. The van der Waals surface area contributed by atoms with Crippen molar-refractivity contribution in [1.29, 1.82) is 0 Å². The molecule has 0 atom stereocenters. The van der Waals surface area contributed by atoms with E-state index < -0.39 is 17.6 Å². The van der Waals surface area contributed by atoms with Crippen LogP contribution in [0, 0.1) is 6.92 Å². The van der Waals surface area contributed by atoms with Crippen LogP contribution < -0.4 is 10.2 Å². The van der Waals surface area contributed by atoms with Gasteiger partial charge in [0.15, 0.2) is 0 Å². The van der Waals surface area contributed by atoms with Gasteiger partial charge in [-0.1, -0.05) is 18.2 Å². The van der Waals surface area contributed by atoms with E-state index >= 15 is 0 Å². The van der Waals surface area contributed by atoms with Crippen molar-refractivity contribution >= 4 is 17.3 Å². The third kappa shape index (κ3) is 3.84. The molecule has 0 fully saturated rings. The largest absolute Gasteiger partial charge is 0.416 e. The van der Waals surface area contributed by atoms with Crippen molar-refractivity contribution in [3.8, 4) is 0 Å². The predicted molar refractivity (Wildman–Crippen MR) is 91.9 cm³/mol. The Bertz CT molecular complexity index is 802. The fourth-order valence-corrected chi connectivity index (χ4v) is 2.72. The number of nitrogens with one attached hydrogen (secondary N) is 1. The molecule has 3 rings (SSSR count). The van der Waals surface area contributed by atoms with Crippen LogP contribution >= 0.6 is 0 Å². The zero-order valence-corrected chi connectivity index (χ0v) is 13.6. The average Bonchev–Trinajstić information content (AvgIpc) is 3.10. The molecule has 130 valence electrons. The van der Waals surface area contributed by atoms with E-state index in [2.05, 4.69) is 22.4 Å². The number of carbonyl (C=O) groups is 1. The minimum Gasteiger partial charge on any atom is -0.364 e. The molecule has 0 saturated carbocycles.